The quantitative estimate of drug-likeness (QED) is 0.445. The van der Waals surface area contributed by atoms with Crippen LogP contribution in [0.2, 0.25) is 5.02 Å². The summed E-state index contributed by atoms with van der Waals surface area (Å²) in [5.74, 6) is -0.399. The Morgan fingerprint density at radius 1 is 1.00 bits per heavy atom. The van der Waals surface area contributed by atoms with E-state index >= 15 is 0 Å². The number of nitrogens with one attached hydrogen (secondary N) is 1. The van der Waals surface area contributed by atoms with Crippen molar-refractivity contribution in [1.29, 1.82) is 0 Å². The monoisotopic (exact) mass is 520 g/mol. The molecule has 5 nitrogen and oxygen atoms in total. The molecule has 0 saturated heterocycles. The topological polar surface area (TPSA) is 66.5 Å². The van der Waals surface area contributed by atoms with Crippen molar-refractivity contribution >= 4 is 43.5 Å². The Kier molecular flexibility index (Phi) is 7.89. The van der Waals surface area contributed by atoms with Crippen molar-refractivity contribution in [2.75, 3.05) is 6.54 Å². The summed E-state index contributed by atoms with van der Waals surface area (Å²) in [6.45, 7) is 1.50. The molecule has 0 saturated carbocycles. The molecule has 0 radical (unpaired) electrons. The van der Waals surface area contributed by atoms with Gasteiger partial charge in [-0.3, -0.25) is 4.79 Å². The largest absolute Gasteiger partial charge is 0.348 e. The van der Waals surface area contributed by atoms with Gasteiger partial charge in [-0.15, -0.1) is 0 Å². The minimum Gasteiger partial charge on any atom is -0.348 e. The van der Waals surface area contributed by atoms with Gasteiger partial charge in [-0.25, -0.2) is 8.42 Å². The molecule has 162 valence electrons. The highest BCUT2D eigenvalue weighted by Crippen LogP contribution is 2.24. The highest BCUT2D eigenvalue weighted by molar-refractivity contribution is 9.10. The summed E-state index contributed by atoms with van der Waals surface area (Å²) in [7, 11) is -3.94. The number of hydrogen-bond donors (Lipinski definition) is 1. The molecule has 0 aliphatic carbocycles. The molecular formula is C23H22BrClN2O3S. The molecule has 1 atom stereocenters. The van der Waals surface area contributed by atoms with Crippen molar-refractivity contribution in [3.63, 3.8) is 0 Å². The number of sulfonamides is 1. The fourth-order valence-corrected chi connectivity index (χ4v) is 4.90. The molecular weight excluding hydrogens is 500 g/mol. The third kappa shape index (κ3) is 6.17. The number of benzene rings is 3. The normalized spacial score (nSPS) is 12.5. The van der Waals surface area contributed by atoms with Crippen LogP contribution < -0.4 is 5.32 Å². The average Bonchev–Trinajstić information content (AvgIpc) is 2.75. The lowest BCUT2D eigenvalue weighted by Gasteiger charge is -2.23. The summed E-state index contributed by atoms with van der Waals surface area (Å²) in [4.78, 5) is 12.9. The first-order valence-electron chi connectivity index (χ1n) is 9.61. The Morgan fingerprint density at radius 2 is 1.61 bits per heavy atom. The van der Waals surface area contributed by atoms with Gasteiger partial charge in [0, 0.05) is 16.0 Å². The maximum Gasteiger partial charge on any atom is 0.243 e. The molecule has 0 heterocycles. The maximum absolute atomic E-state index is 13.3. The van der Waals surface area contributed by atoms with Gasteiger partial charge >= 0.3 is 0 Å². The lowest BCUT2D eigenvalue weighted by Crippen LogP contribution is -2.41. The van der Waals surface area contributed by atoms with Crippen molar-refractivity contribution in [2.45, 2.75) is 24.4 Å². The van der Waals surface area contributed by atoms with Crippen LogP contribution in [0.4, 0.5) is 0 Å². The van der Waals surface area contributed by atoms with Crippen LogP contribution in [0.1, 0.15) is 24.1 Å². The van der Waals surface area contributed by atoms with Crippen LogP contribution in [0.15, 0.2) is 88.2 Å². The van der Waals surface area contributed by atoms with Crippen molar-refractivity contribution in [3.8, 4) is 0 Å². The van der Waals surface area contributed by atoms with E-state index in [1.807, 2.05) is 37.3 Å². The van der Waals surface area contributed by atoms with Gasteiger partial charge in [0.25, 0.3) is 0 Å². The molecule has 3 aromatic rings. The van der Waals surface area contributed by atoms with Crippen molar-refractivity contribution < 1.29 is 13.2 Å². The molecule has 8 heteroatoms. The van der Waals surface area contributed by atoms with E-state index in [-0.39, 0.29) is 24.0 Å². The van der Waals surface area contributed by atoms with Gasteiger partial charge in [-0.1, -0.05) is 76.1 Å². The van der Waals surface area contributed by atoms with Crippen molar-refractivity contribution in [1.82, 2.24) is 9.62 Å². The second kappa shape index (κ2) is 10.4. The zero-order valence-electron chi connectivity index (χ0n) is 16.8. The molecule has 1 amide bonds. The van der Waals surface area contributed by atoms with Gasteiger partial charge in [0.05, 0.1) is 17.5 Å². The summed E-state index contributed by atoms with van der Waals surface area (Å²) in [5, 5.41) is 3.32. The van der Waals surface area contributed by atoms with Gasteiger partial charge < -0.3 is 5.32 Å². The van der Waals surface area contributed by atoms with E-state index in [1.54, 1.807) is 36.4 Å². The Bertz CT molecular complexity index is 1140. The molecule has 0 aromatic heterocycles. The van der Waals surface area contributed by atoms with Crippen molar-refractivity contribution in [3.05, 3.63) is 99.5 Å². The molecule has 0 spiro atoms. The van der Waals surface area contributed by atoms with E-state index in [0.29, 0.717) is 10.6 Å². The summed E-state index contributed by atoms with van der Waals surface area (Å²) < 4.78 is 28.6. The molecule has 1 N–H and O–H groups in total. The second-order valence-electron chi connectivity index (χ2n) is 7.02. The summed E-state index contributed by atoms with van der Waals surface area (Å²) in [6, 6.07) is 22.5. The van der Waals surface area contributed by atoms with E-state index < -0.39 is 15.9 Å². The first-order valence-corrected chi connectivity index (χ1v) is 12.2. The fourth-order valence-electron chi connectivity index (χ4n) is 3.07. The van der Waals surface area contributed by atoms with Crippen LogP contribution >= 0.6 is 27.5 Å². The van der Waals surface area contributed by atoms with Crippen LogP contribution in [-0.4, -0.2) is 25.2 Å². The lowest BCUT2D eigenvalue weighted by molar-refractivity contribution is -0.122. The van der Waals surface area contributed by atoms with Crippen LogP contribution in [0, 0.1) is 0 Å². The average molecular weight is 522 g/mol. The maximum atomic E-state index is 13.3. The third-order valence-electron chi connectivity index (χ3n) is 4.75. The van der Waals surface area contributed by atoms with Gasteiger partial charge in [0.2, 0.25) is 15.9 Å². The SMILES string of the molecule is C[C@@H](NC(=O)CN(Cc1ccccc1Cl)S(=O)(=O)c1ccc(Br)cc1)c1ccccc1. The Hall–Kier alpha value is -2.19. The van der Waals surface area contributed by atoms with Gasteiger partial charge in [-0.05, 0) is 48.4 Å². The zero-order valence-corrected chi connectivity index (χ0v) is 20.0. The van der Waals surface area contributed by atoms with Gasteiger partial charge in [0.1, 0.15) is 0 Å². The molecule has 3 aromatic carbocycles. The summed E-state index contributed by atoms with van der Waals surface area (Å²) in [6.07, 6.45) is 0. The van der Waals surface area contributed by atoms with E-state index in [1.165, 1.54) is 12.1 Å². The summed E-state index contributed by atoms with van der Waals surface area (Å²) in [5.41, 5.74) is 1.55. The molecule has 0 aliphatic heterocycles. The molecule has 0 unspecified atom stereocenters. The van der Waals surface area contributed by atoms with Crippen molar-refractivity contribution in [2.24, 2.45) is 0 Å². The van der Waals surface area contributed by atoms with Gasteiger partial charge in [-0.2, -0.15) is 4.31 Å². The number of hydrogen-bond acceptors (Lipinski definition) is 3. The Labute approximate surface area is 196 Å². The predicted octanol–water partition coefficient (Wildman–Crippen LogP) is 5.17. The zero-order chi connectivity index (χ0) is 22.4. The minimum absolute atomic E-state index is 0.0226. The number of rotatable bonds is 8. The molecule has 0 fully saturated rings. The van der Waals surface area contributed by atoms with E-state index in [0.717, 1.165) is 14.3 Å². The molecule has 0 aliphatic rings. The lowest BCUT2D eigenvalue weighted by atomic mass is 10.1. The minimum atomic E-state index is -3.94. The number of nitrogens with zero attached hydrogens (tertiary/aromatic N) is 1. The van der Waals surface area contributed by atoms with E-state index in [2.05, 4.69) is 21.2 Å². The van der Waals surface area contributed by atoms with Crippen LogP contribution in [0.25, 0.3) is 0 Å². The first-order chi connectivity index (χ1) is 14.8. The second-order valence-corrected chi connectivity index (χ2v) is 10.3. The van der Waals surface area contributed by atoms with Crippen LogP contribution in [0.5, 0.6) is 0 Å². The first kappa shape index (κ1) is 23.5. The fraction of sp³-hybridized carbons (Fsp3) is 0.174. The van der Waals surface area contributed by atoms with Gasteiger partial charge in [0.15, 0.2) is 0 Å². The standard InChI is InChI=1S/C23H22BrClN2O3S/c1-17(18-7-3-2-4-8-18)26-23(28)16-27(15-19-9-5-6-10-22(19)25)31(29,30)21-13-11-20(24)12-14-21/h2-14,17H,15-16H2,1H3,(H,26,28)/t17-/m1/s1. The summed E-state index contributed by atoms with van der Waals surface area (Å²) >= 11 is 9.57. The smallest absolute Gasteiger partial charge is 0.243 e. The number of halogens is 2. The number of carbonyl (C=O) groups excluding carboxylic acids is 1. The Morgan fingerprint density at radius 3 is 2.26 bits per heavy atom. The number of carbonyl (C=O) groups is 1. The van der Waals surface area contributed by atoms with Crippen LogP contribution in [-0.2, 0) is 21.4 Å². The number of amides is 1. The third-order valence-corrected chi connectivity index (χ3v) is 7.46. The Balaban J connectivity index is 1.85. The molecule has 3 rings (SSSR count). The predicted molar refractivity (Wildman–Crippen MR) is 126 cm³/mol. The highest BCUT2D eigenvalue weighted by Gasteiger charge is 2.28. The van der Waals surface area contributed by atoms with E-state index in [4.69, 9.17) is 11.6 Å². The molecule has 31 heavy (non-hydrogen) atoms. The van der Waals surface area contributed by atoms with Crippen LogP contribution in [0.3, 0.4) is 0 Å². The van der Waals surface area contributed by atoms with E-state index in [9.17, 15) is 13.2 Å². The highest BCUT2D eigenvalue weighted by atomic mass is 79.9. The molecule has 0 bridgehead atoms.